The zero-order valence-electron chi connectivity index (χ0n) is 16.9. The average molecular weight is 418 g/mol. The Morgan fingerprint density at radius 2 is 1.67 bits per heavy atom. The van der Waals surface area contributed by atoms with Gasteiger partial charge in [-0.15, -0.1) is 0 Å². The van der Waals surface area contributed by atoms with Crippen molar-refractivity contribution in [3.63, 3.8) is 0 Å². The minimum absolute atomic E-state index is 0.167. The van der Waals surface area contributed by atoms with Gasteiger partial charge in [-0.3, -0.25) is 14.6 Å². The summed E-state index contributed by atoms with van der Waals surface area (Å²) in [5.41, 5.74) is 0.889. The fourth-order valence-corrected chi connectivity index (χ4v) is 3.72. The number of hydrogen-bond donors (Lipinski definition) is 0. The van der Waals surface area contributed by atoms with Gasteiger partial charge in [0, 0.05) is 26.2 Å². The first-order valence-corrected chi connectivity index (χ1v) is 9.79. The van der Waals surface area contributed by atoms with Crippen LogP contribution in [0.2, 0.25) is 0 Å². The predicted molar refractivity (Wildman–Crippen MR) is 109 cm³/mol. The van der Waals surface area contributed by atoms with Crippen molar-refractivity contribution in [2.75, 3.05) is 32.7 Å². The molecular formula is C23H25F3N2O2. The molecule has 2 aromatic rings. The largest absolute Gasteiger partial charge is 0.431 e. The monoisotopic (exact) mass is 418 g/mol. The van der Waals surface area contributed by atoms with Crippen LogP contribution in [0.15, 0.2) is 66.9 Å². The van der Waals surface area contributed by atoms with Crippen molar-refractivity contribution in [1.29, 1.82) is 0 Å². The fourth-order valence-electron chi connectivity index (χ4n) is 3.72. The van der Waals surface area contributed by atoms with Gasteiger partial charge in [-0.25, -0.2) is 0 Å². The molecule has 1 unspecified atom stereocenters. The normalized spacial score (nSPS) is 16.8. The Kier molecular flexibility index (Phi) is 6.95. The van der Waals surface area contributed by atoms with Gasteiger partial charge >= 0.3 is 12.1 Å². The molecule has 0 amide bonds. The van der Waals surface area contributed by atoms with Crippen LogP contribution < -0.4 is 0 Å². The van der Waals surface area contributed by atoms with E-state index in [-0.39, 0.29) is 18.6 Å². The number of alkyl halides is 3. The highest BCUT2D eigenvalue weighted by molar-refractivity contribution is 5.72. The van der Waals surface area contributed by atoms with Crippen LogP contribution in [0, 0.1) is 0 Å². The molecule has 160 valence electrons. The Bertz CT molecular complexity index is 876. The molecule has 3 rings (SSSR count). The first-order chi connectivity index (χ1) is 14.2. The predicted octanol–water partition coefficient (Wildman–Crippen LogP) is 4.49. The molecule has 0 aliphatic carbocycles. The van der Waals surface area contributed by atoms with Crippen molar-refractivity contribution in [2.24, 2.45) is 0 Å². The molecule has 30 heavy (non-hydrogen) atoms. The van der Waals surface area contributed by atoms with Crippen LogP contribution in [0.25, 0.3) is 0 Å². The number of halogens is 3. The second-order valence-corrected chi connectivity index (χ2v) is 7.42. The third-order valence-corrected chi connectivity index (χ3v) is 5.06. The summed E-state index contributed by atoms with van der Waals surface area (Å²) in [5, 5.41) is 0. The molecule has 0 radical (unpaired) electrons. The molecule has 1 saturated heterocycles. The molecule has 1 fully saturated rings. The molecule has 1 atom stereocenters. The van der Waals surface area contributed by atoms with Gasteiger partial charge in [-0.05, 0) is 30.2 Å². The Morgan fingerprint density at radius 1 is 1.03 bits per heavy atom. The molecule has 0 bridgehead atoms. The molecule has 0 saturated carbocycles. The maximum Gasteiger partial charge on any atom is 0.416 e. The van der Waals surface area contributed by atoms with E-state index in [1.165, 1.54) is 12.1 Å². The SMILES string of the molecule is C=C(C)OC(=O)CN1CCN(C(c2ccccc2)c2cccc(C(F)(F)F)c2)CC1. The molecule has 0 aromatic heterocycles. The molecule has 1 aliphatic heterocycles. The Hall–Kier alpha value is -2.64. The lowest BCUT2D eigenvalue weighted by atomic mass is 9.95. The molecule has 0 N–H and O–H groups in total. The van der Waals surface area contributed by atoms with Crippen LogP contribution in [-0.2, 0) is 15.7 Å². The second-order valence-electron chi connectivity index (χ2n) is 7.42. The number of esters is 1. The van der Waals surface area contributed by atoms with Crippen molar-refractivity contribution < 1.29 is 22.7 Å². The number of rotatable bonds is 6. The van der Waals surface area contributed by atoms with Crippen LogP contribution in [-0.4, -0.2) is 48.5 Å². The summed E-state index contributed by atoms with van der Waals surface area (Å²) in [6.07, 6.45) is -4.39. The first kappa shape index (κ1) is 22.1. The van der Waals surface area contributed by atoms with Crippen LogP contribution in [0.3, 0.4) is 0 Å². The van der Waals surface area contributed by atoms with E-state index < -0.39 is 11.7 Å². The van der Waals surface area contributed by atoms with E-state index in [2.05, 4.69) is 11.5 Å². The number of nitrogens with zero attached hydrogens (tertiary/aromatic N) is 2. The van der Waals surface area contributed by atoms with Crippen molar-refractivity contribution in [1.82, 2.24) is 9.80 Å². The molecule has 1 heterocycles. The maximum atomic E-state index is 13.3. The van der Waals surface area contributed by atoms with Gasteiger partial charge in [0.15, 0.2) is 0 Å². The van der Waals surface area contributed by atoms with E-state index in [1.807, 2.05) is 35.2 Å². The van der Waals surface area contributed by atoms with E-state index in [4.69, 9.17) is 4.74 Å². The van der Waals surface area contributed by atoms with Crippen molar-refractivity contribution in [3.05, 3.63) is 83.6 Å². The summed E-state index contributed by atoms with van der Waals surface area (Å²) in [7, 11) is 0. The fraction of sp³-hybridized carbons (Fsp3) is 0.348. The maximum absolute atomic E-state index is 13.3. The highest BCUT2D eigenvalue weighted by Crippen LogP contribution is 2.34. The first-order valence-electron chi connectivity index (χ1n) is 9.79. The smallest absolute Gasteiger partial charge is 0.416 e. The van der Waals surface area contributed by atoms with Gasteiger partial charge in [0.1, 0.15) is 0 Å². The zero-order chi connectivity index (χ0) is 21.7. The highest BCUT2D eigenvalue weighted by Gasteiger charge is 2.33. The van der Waals surface area contributed by atoms with Crippen LogP contribution in [0.1, 0.15) is 29.7 Å². The molecule has 2 aromatic carbocycles. The molecule has 7 heteroatoms. The number of hydrogen-bond acceptors (Lipinski definition) is 4. The topological polar surface area (TPSA) is 32.8 Å². The van der Waals surface area contributed by atoms with E-state index in [9.17, 15) is 18.0 Å². The lowest BCUT2D eigenvalue weighted by Gasteiger charge is -2.39. The quantitative estimate of drug-likeness (QED) is 0.511. The Labute approximate surface area is 174 Å². The van der Waals surface area contributed by atoms with E-state index in [0.29, 0.717) is 37.5 Å². The van der Waals surface area contributed by atoms with Gasteiger partial charge in [0.25, 0.3) is 0 Å². The van der Waals surface area contributed by atoms with Gasteiger partial charge in [-0.1, -0.05) is 49.0 Å². The molecular weight excluding hydrogens is 393 g/mol. The van der Waals surface area contributed by atoms with Crippen molar-refractivity contribution in [2.45, 2.75) is 19.1 Å². The van der Waals surface area contributed by atoms with E-state index in [1.54, 1.807) is 13.0 Å². The average Bonchev–Trinajstić information content (AvgIpc) is 2.69. The highest BCUT2D eigenvalue weighted by atomic mass is 19.4. The Balaban J connectivity index is 1.79. The molecule has 4 nitrogen and oxygen atoms in total. The summed E-state index contributed by atoms with van der Waals surface area (Å²) in [6.45, 7) is 7.83. The standard InChI is InChI=1S/C23H25F3N2O2/c1-17(2)30-21(29)16-27-11-13-28(14-12-27)22(18-7-4-3-5-8-18)19-9-6-10-20(15-19)23(24,25)26/h3-10,15,22H,1,11-14,16H2,2H3. The summed E-state index contributed by atoms with van der Waals surface area (Å²) in [4.78, 5) is 16.0. The number of benzene rings is 2. The van der Waals surface area contributed by atoms with Crippen molar-refractivity contribution >= 4 is 5.97 Å². The third kappa shape index (κ3) is 5.70. The van der Waals surface area contributed by atoms with E-state index >= 15 is 0 Å². The number of carbonyl (C=O) groups excluding carboxylic acids is 1. The number of ether oxygens (including phenoxy) is 1. The number of carbonyl (C=O) groups is 1. The van der Waals surface area contributed by atoms with Gasteiger partial charge in [-0.2, -0.15) is 13.2 Å². The summed E-state index contributed by atoms with van der Waals surface area (Å²) in [6, 6.07) is 14.8. The van der Waals surface area contributed by atoms with Gasteiger partial charge in [0.2, 0.25) is 0 Å². The third-order valence-electron chi connectivity index (χ3n) is 5.06. The van der Waals surface area contributed by atoms with Gasteiger partial charge < -0.3 is 4.74 Å². The zero-order valence-corrected chi connectivity index (χ0v) is 16.9. The molecule has 0 spiro atoms. The lowest BCUT2D eigenvalue weighted by Crippen LogP contribution is -2.49. The minimum Gasteiger partial charge on any atom is -0.431 e. The number of piperazine rings is 1. The second kappa shape index (κ2) is 9.45. The van der Waals surface area contributed by atoms with Crippen LogP contribution in [0.4, 0.5) is 13.2 Å². The lowest BCUT2D eigenvalue weighted by molar-refractivity contribution is -0.141. The number of allylic oxidation sites excluding steroid dienone is 1. The van der Waals surface area contributed by atoms with Crippen LogP contribution in [0.5, 0.6) is 0 Å². The van der Waals surface area contributed by atoms with Crippen molar-refractivity contribution in [3.8, 4) is 0 Å². The molecule has 1 aliphatic rings. The minimum atomic E-state index is -4.39. The summed E-state index contributed by atoms with van der Waals surface area (Å²) >= 11 is 0. The Morgan fingerprint density at radius 3 is 2.27 bits per heavy atom. The van der Waals surface area contributed by atoms with E-state index in [0.717, 1.165) is 11.6 Å². The summed E-state index contributed by atoms with van der Waals surface area (Å²) < 4.78 is 44.8. The van der Waals surface area contributed by atoms with Crippen LogP contribution >= 0.6 is 0 Å². The van der Waals surface area contributed by atoms with Gasteiger partial charge in [0.05, 0.1) is 23.9 Å². The summed E-state index contributed by atoms with van der Waals surface area (Å²) in [5.74, 6) is 0.000705.